The first-order valence-corrected chi connectivity index (χ1v) is 7.37. The molecular weight excluding hydrogens is 230 g/mol. The van der Waals surface area contributed by atoms with E-state index >= 15 is 0 Å². The van der Waals surface area contributed by atoms with Gasteiger partial charge in [-0.05, 0) is 6.92 Å². The second kappa shape index (κ2) is 4.78. The van der Waals surface area contributed by atoms with Crippen LogP contribution < -0.4 is 0 Å². The highest BCUT2D eigenvalue weighted by atomic mass is 32.2. The lowest BCUT2D eigenvalue weighted by atomic mass is 9.96. The van der Waals surface area contributed by atoms with Crippen LogP contribution in [-0.4, -0.2) is 52.2 Å². The minimum atomic E-state index is 0.107. The minimum absolute atomic E-state index is 0.107. The number of likely N-dealkylation sites (tertiary alicyclic amines) is 1. The molecule has 5 heteroatoms. The van der Waals surface area contributed by atoms with E-state index in [0.717, 1.165) is 17.3 Å². The summed E-state index contributed by atoms with van der Waals surface area (Å²) < 4.78 is 0. The Morgan fingerprint density at radius 2 is 2.00 bits per heavy atom. The van der Waals surface area contributed by atoms with Crippen LogP contribution in [-0.2, 0) is 9.59 Å². The van der Waals surface area contributed by atoms with Crippen LogP contribution in [0.25, 0.3) is 0 Å². The summed E-state index contributed by atoms with van der Waals surface area (Å²) in [5, 5.41) is 0.136. The Morgan fingerprint density at radius 3 is 2.53 bits per heavy atom. The van der Waals surface area contributed by atoms with Gasteiger partial charge in [0.1, 0.15) is 5.78 Å². The fourth-order valence-electron chi connectivity index (χ4n) is 1.75. The van der Waals surface area contributed by atoms with Gasteiger partial charge in [-0.2, -0.15) is 11.8 Å². The second-order valence-electron chi connectivity index (χ2n) is 3.99. The van der Waals surface area contributed by atoms with Crippen molar-refractivity contribution in [1.82, 2.24) is 4.90 Å². The van der Waals surface area contributed by atoms with Crippen LogP contribution in [0.2, 0.25) is 0 Å². The summed E-state index contributed by atoms with van der Waals surface area (Å²) in [6.07, 6.45) is 0. The molecule has 0 aromatic rings. The van der Waals surface area contributed by atoms with E-state index < -0.39 is 0 Å². The third-order valence-electron chi connectivity index (χ3n) is 2.86. The van der Waals surface area contributed by atoms with Crippen LogP contribution in [0, 0.1) is 5.92 Å². The third-order valence-corrected chi connectivity index (χ3v) is 5.60. The van der Waals surface area contributed by atoms with Crippen molar-refractivity contribution in [2.24, 2.45) is 5.92 Å². The van der Waals surface area contributed by atoms with Gasteiger partial charge in [-0.3, -0.25) is 9.59 Å². The molecule has 1 unspecified atom stereocenters. The molecule has 0 aromatic carbocycles. The molecule has 1 atom stereocenters. The Morgan fingerprint density at radius 1 is 1.27 bits per heavy atom. The number of Topliss-reactive ketones (excluding diaryl/α,β-unsaturated/α-hetero) is 1. The number of hydrogen-bond acceptors (Lipinski definition) is 4. The molecule has 2 rings (SSSR count). The molecule has 1 amide bonds. The third kappa shape index (κ3) is 2.50. The number of carbonyl (C=O) groups excluding carboxylic acids is 2. The van der Waals surface area contributed by atoms with Gasteiger partial charge in [0.05, 0.1) is 11.2 Å². The van der Waals surface area contributed by atoms with Gasteiger partial charge in [-0.15, -0.1) is 11.8 Å². The smallest absolute Gasteiger partial charge is 0.236 e. The van der Waals surface area contributed by atoms with Gasteiger partial charge in [0.2, 0.25) is 5.91 Å². The molecular formula is C10H15NO2S2. The van der Waals surface area contributed by atoms with Crippen molar-refractivity contribution in [3.8, 4) is 0 Å². The van der Waals surface area contributed by atoms with Gasteiger partial charge in [-0.25, -0.2) is 0 Å². The molecule has 0 radical (unpaired) electrons. The minimum Gasteiger partial charge on any atom is -0.340 e. The quantitative estimate of drug-likeness (QED) is 0.724. The maximum absolute atomic E-state index is 11.9. The number of hydrogen-bond donors (Lipinski definition) is 0. The van der Waals surface area contributed by atoms with E-state index in [-0.39, 0.29) is 22.9 Å². The van der Waals surface area contributed by atoms with Crippen molar-refractivity contribution in [3.05, 3.63) is 0 Å². The Balaban J connectivity index is 1.80. The molecule has 2 saturated heterocycles. The highest BCUT2D eigenvalue weighted by Gasteiger charge is 2.37. The van der Waals surface area contributed by atoms with Crippen molar-refractivity contribution in [2.75, 3.05) is 30.3 Å². The van der Waals surface area contributed by atoms with Crippen molar-refractivity contribution < 1.29 is 9.59 Å². The molecule has 0 N–H and O–H groups in total. The lowest BCUT2D eigenvalue weighted by Crippen LogP contribution is -2.55. The van der Waals surface area contributed by atoms with Crippen LogP contribution in [0.4, 0.5) is 0 Å². The Bertz CT molecular complexity index is 271. The summed E-state index contributed by atoms with van der Waals surface area (Å²) in [5.41, 5.74) is 0. The molecule has 0 bridgehead atoms. The van der Waals surface area contributed by atoms with Crippen molar-refractivity contribution >= 4 is 35.2 Å². The molecule has 2 fully saturated rings. The first-order valence-electron chi connectivity index (χ1n) is 5.17. The van der Waals surface area contributed by atoms with E-state index in [1.807, 2.05) is 16.7 Å². The first kappa shape index (κ1) is 11.3. The van der Waals surface area contributed by atoms with E-state index in [9.17, 15) is 9.59 Å². The SMILES string of the molecule is CC(=O)C1CN(C(=O)C2CSCCS2)C1. The Labute approximate surface area is 98.3 Å². The largest absolute Gasteiger partial charge is 0.340 e. The number of ketones is 1. The van der Waals surface area contributed by atoms with Crippen LogP contribution in [0.15, 0.2) is 0 Å². The zero-order valence-corrected chi connectivity index (χ0v) is 10.4. The van der Waals surface area contributed by atoms with Crippen LogP contribution in [0.1, 0.15) is 6.92 Å². The predicted octanol–water partition coefficient (Wildman–Crippen LogP) is 0.882. The maximum atomic E-state index is 11.9. The molecule has 0 saturated carbocycles. The lowest BCUT2D eigenvalue weighted by Gasteiger charge is -2.40. The van der Waals surface area contributed by atoms with Gasteiger partial charge in [-0.1, -0.05) is 0 Å². The van der Waals surface area contributed by atoms with E-state index in [4.69, 9.17) is 0 Å². The topological polar surface area (TPSA) is 37.4 Å². The van der Waals surface area contributed by atoms with Gasteiger partial charge in [0.15, 0.2) is 0 Å². The molecule has 3 nitrogen and oxygen atoms in total. The monoisotopic (exact) mass is 245 g/mol. The average Bonchev–Trinajstić information content (AvgIpc) is 2.16. The predicted molar refractivity (Wildman–Crippen MR) is 64.3 cm³/mol. The zero-order valence-electron chi connectivity index (χ0n) is 8.77. The average molecular weight is 245 g/mol. The Kier molecular flexibility index (Phi) is 3.61. The molecule has 2 aliphatic heterocycles. The van der Waals surface area contributed by atoms with Crippen LogP contribution in [0.3, 0.4) is 0 Å². The normalized spacial score (nSPS) is 27.3. The zero-order chi connectivity index (χ0) is 10.8. The highest BCUT2D eigenvalue weighted by molar-refractivity contribution is 8.07. The summed E-state index contributed by atoms with van der Waals surface area (Å²) in [7, 11) is 0. The van der Waals surface area contributed by atoms with Crippen molar-refractivity contribution in [2.45, 2.75) is 12.2 Å². The van der Waals surface area contributed by atoms with E-state index in [1.54, 1.807) is 18.7 Å². The first-order chi connectivity index (χ1) is 7.18. The molecule has 15 heavy (non-hydrogen) atoms. The van der Waals surface area contributed by atoms with Gasteiger partial charge >= 0.3 is 0 Å². The molecule has 2 heterocycles. The van der Waals surface area contributed by atoms with Crippen molar-refractivity contribution in [3.63, 3.8) is 0 Å². The van der Waals surface area contributed by atoms with E-state index in [0.29, 0.717) is 13.1 Å². The van der Waals surface area contributed by atoms with Gasteiger partial charge in [0, 0.05) is 30.3 Å². The fraction of sp³-hybridized carbons (Fsp3) is 0.800. The summed E-state index contributed by atoms with van der Waals surface area (Å²) in [6.45, 7) is 2.91. The number of thioether (sulfide) groups is 2. The second-order valence-corrected chi connectivity index (χ2v) is 6.45. The van der Waals surface area contributed by atoms with Gasteiger partial charge in [0.25, 0.3) is 0 Å². The van der Waals surface area contributed by atoms with Crippen LogP contribution >= 0.6 is 23.5 Å². The Hall–Kier alpha value is -0.160. The summed E-state index contributed by atoms with van der Waals surface area (Å²) in [4.78, 5) is 24.8. The van der Waals surface area contributed by atoms with Crippen molar-refractivity contribution in [1.29, 1.82) is 0 Å². The van der Waals surface area contributed by atoms with E-state index in [2.05, 4.69) is 0 Å². The summed E-state index contributed by atoms with van der Waals surface area (Å²) in [6, 6.07) is 0. The van der Waals surface area contributed by atoms with E-state index in [1.165, 1.54) is 0 Å². The standard InChI is InChI=1S/C10H15NO2S2/c1-7(12)8-4-11(5-8)10(13)9-6-14-2-3-15-9/h8-9H,2-6H2,1H3. The highest BCUT2D eigenvalue weighted by Crippen LogP contribution is 2.28. The number of rotatable bonds is 2. The number of nitrogens with zero attached hydrogens (tertiary/aromatic N) is 1. The fourth-order valence-corrected chi connectivity index (χ4v) is 4.38. The lowest BCUT2D eigenvalue weighted by molar-refractivity contribution is -0.140. The number of amides is 1. The summed E-state index contributed by atoms with van der Waals surface area (Å²) >= 11 is 3.62. The number of carbonyl (C=O) groups is 2. The molecule has 2 aliphatic rings. The molecule has 0 aliphatic carbocycles. The van der Waals surface area contributed by atoms with Crippen LogP contribution in [0.5, 0.6) is 0 Å². The maximum Gasteiger partial charge on any atom is 0.236 e. The van der Waals surface area contributed by atoms with Gasteiger partial charge < -0.3 is 4.90 Å². The molecule has 0 spiro atoms. The molecule has 0 aromatic heterocycles. The summed E-state index contributed by atoms with van der Waals surface area (Å²) in [5.74, 6) is 3.73. The molecule has 84 valence electrons.